The van der Waals surface area contributed by atoms with Crippen molar-refractivity contribution in [3.05, 3.63) is 0 Å². The van der Waals surface area contributed by atoms with E-state index >= 15 is 0 Å². The van der Waals surface area contributed by atoms with Crippen molar-refractivity contribution in [3.8, 4) is 0 Å². The fourth-order valence-electron chi connectivity index (χ4n) is 1.86. The summed E-state index contributed by atoms with van der Waals surface area (Å²) < 4.78 is 4.65. The monoisotopic (exact) mass is 258 g/mol. The molecule has 0 bridgehead atoms. The van der Waals surface area contributed by atoms with E-state index in [1.165, 1.54) is 18.9 Å². The summed E-state index contributed by atoms with van der Waals surface area (Å²) in [5.41, 5.74) is 0. The number of nitrogens with zero attached hydrogens (tertiary/aromatic N) is 1. The predicted molar refractivity (Wildman–Crippen MR) is 61.9 cm³/mol. The number of carboxylic acid groups (broad SMARTS) is 1. The highest BCUT2D eigenvalue weighted by Crippen LogP contribution is 2.17. The lowest BCUT2D eigenvalue weighted by Gasteiger charge is -2.31. The summed E-state index contributed by atoms with van der Waals surface area (Å²) in [6.45, 7) is 2.18. The lowest BCUT2D eigenvalue weighted by molar-refractivity contribution is -0.147. The minimum absolute atomic E-state index is 0.269. The summed E-state index contributed by atoms with van der Waals surface area (Å²) in [7, 11) is 1.31. The van der Waals surface area contributed by atoms with Crippen molar-refractivity contribution in [1.82, 2.24) is 10.2 Å². The maximum atomic E-state index is 11.8. The van der Waals surface area contributed by atoms with Gasteiger partial charge in [0.05, 0.1) is 13.0 Å². The van der Waals surface area contributed by atoms with Gasteiger partial charge in [0, 0.05) is 13.1 Å². The van der Waals surface area contributed by atoms with Gasteiger partial charge in [-0.3, -0.25) is 9.59 Å². The highest BCUT2D eigenvalue weighted by Gasteiger charge is 2.29. The van der Waals surface area contributed by atoms with Gasteiger partial charge >= 0.3 is 18.0 Å². The van der Waals surface area contributed by atoms with E-state index in [-0.39, 0.29) is 18.4 Å². The van der Waals surface area contributed by atoms with E-state index in [1.807, 2.05) is 0 Å². The molecule has 7 heteroatoms. The van der Waals surface area contributed by atoms with Gasteiger partial charge in [-0.2, -0.15) is 0 Å². The molecule has 7 nitrogen and oxygen atoms in total. The number of nitrogens with one attached hydrogen (secondary N) is 1. The highest BCUT2D eigenvalue weighted by molar-refractivity contribution is 5.82. The van der Waals surface area contributed by atoms with Crippen LogP contribution in [0, 0.1) is 5.92 Å². The number of aliphatic carboxylic acids is 1. The molecule has 2 atom stereocenters. The van der Waals surface area contributed by atoms with Crippen LogP contribution in [-0.4, -0.2) is 54.2 Å². The lowest BCUT2D eigenvalue weighted by atomic mass is 9.98. The van der Waals surface area contributed by atoms with Crippen molar-refractivity contribution in [2.45, 2.75) is 25.8 Å². The summed E-state index contributed by atoms with van der Waals surface area (Å²) in [6.07, 6.45) is 1.39. The van der Waals surface area contributed by atoms with E-state index in [0.717, 1.165) is 0 Å². The van der Waals surface area contributed by atoms with Crippen LogP contribution >= 0.6 is 0 Å². The molecule has 0 saturated carbocycles. The molecule has 0 radical (unpaired) electrons. The molecule has 0 aromatic carbocycles. The first-order valence-electron chi connectivity index (χ1n) is 5.81. The lowest BCUT2D eigenvalue weighted by Crippen LogP contribution is -2.50. The Balaban J connectivity index is 2.53. The van der Waals surface area contributed by atoms with Gasteiger partial charge in [0.2, 0.25) is 0 Å². The molecule has 102 valence electrons. The first-order valence-corrected chi connectivity index (χ1v) is 5.81. The molecule has 18 heavy (non-hydrogen) atoms. The third-order valence-corrected chi connectivity index (χ3v) is 2.95. The van der Waals surface area contributed by atoms with Crippen molar-refractivity contribution in [3.63, 3.8) is 0 Å². The van der Waals surface area contributed by atoms with E-state index in [4.69, 9.17) is 5.11 Å². The second-order valence-corrected chi connectivity index (χ2v) is 4.32. The van der Waals surface area contributed by atoms with Crippen LogP contribution in [0.4, 0.5) is 4.79 Å². The van der Waals surface area contributed by atoms with Crippen LogP contribution in [0.1, 0.15) is 19.8 Å². The Bertz CT molecular complexity index is 344. The molecular formula is C11H18N2O5. The van der Waals surface area contributed by atoms with Crippen molar-refractivity contribution < 1.29 is 24.2 Å². The molecule has 1 rings (SSSR count). The van der Waals surface area contributed by atoms with E-state index < -0.39 is 18.0 Å². The fraction of sp³-hybridized carbons (Fsp3) is 0.727. The Morgan fingerprint density at radius 2 is 2.11 bits per heavy atom. The van der Waals surface area contributed by atoms with Crippen LogP contribution in [0.2, 0.25) is 0 Å². The fourth-order valence-corrected chi connectivity index (χ4v) is 1.86. The van der Waals surface area contributed by atoms with E-state index in [0.29, 0.717) is 19.4 Å². The number of carbonyl (C=O) groups is 3. The molecule has 1 saturated heterocycles. The topological polar surface area (TPSA) is 95.9 Å². The number of esters is 1. The number of hydrogen-bond donors (Lipinski definition) is 2. The third-order valence-electron chi connectivity index (χ3n) is 2.95. The van der Waals surface area contributed by atoms with Gasteiger partial charge in [-0.1, -0.05) is 0 Å². The van der Waals surface area contributed by atoms with Crippen molar-refractivity contribution in [1.29, 1.82) is 0 Å². The normalized spacial score (nSPS) is 21.0. The van der Waals surface area contributed by atoms with Crippen molar-refractivity contribution in [2.75, 3.05) is 20.2 Å². The van der Waals surface area contributed by atoms with E-state index in [2.05, 4.69) is 10.1 Å². The van der Waals surface area contributed by atoms with Gasteiger partial charge in [0.1, 0.15) is 6.04 Å². The molecule has 0 spiro atoms. The third kappa shape index (κ3) is 3.61. The molecule has 1 aliphatic rings. The van der Waals surface area contributed by atoms with Crippen LogP contribution in [0.3, 0.4) is 0 Å². The first-order chi connectivity index (χ1) is 8.45. The summed E-state index contributed by atoms with van der Waals surface area (Å²) in [4.78, 5) is 35.2. The number of methoxy groups -OCH3 is 1. The zero-order valence-corrected chi connectivity index (χ0v) is 10.5. The SMILES string of the molecule is COC(=O)C1CCCN(C(=O)N[C@@H](C)C(=O)O)C1. The maximum Gasteiger partial charge on any atom is 0.325 e. The van der Waals surface area contributed by atoms with Crippen molar-refractivity contribution >= 4 is 18.0 Å². The smallest absolute Gasteiger partial charge is 0.325 e. The van der Waals surface area contributed by atoms with Gasteiger partial charge < -0.3 is 20.1 Å². The number of carboxylic acids is 1. The molecule has 0 aromatic heterocycles. The summed E-state index contributed by atoms with van der Waals surface area (Å²) >= 11 is 0. The van der Waals surface area contributed by atoms with E-state index in [9.17, 15) is 14.4 Å². The largest absolute Gasteiger partial charge is 0.480 e. The summed E-state index contributed by atoms with van der Waals surface area (Å²) in [6, 6.07) is -1.41. The molecular weight excluding hydrogens is 240 g/mol. The van der Waals surface area contributed by atoms with Crippen LogP contribution in [0.15, 0.2) is 0 Å². The number of ether oxygens (including phenoxy) is 1. The molecule has 2 N–H and O–H groups in total. The standard InChI is InChI=1S/C11H18N2O5/c1-7(9(14)15)12-11(17)13-5-3-4-8(6-13)10(16)18-2/h7-8H,3-6H2,1-2H3,(H,12,17)(H,14,15)/t7-,8?/m0/s1. The van der Waals surface area contributed by atoms with Gasteiger partial charge in [-0.25, -0.2) is 4.79 Å². The Kier molecular flexibility index (Phi) is 4.94. The second kappa shape index (κ2) is 6.23. The van der Waals surface area contributed by atoms with Crippen LogP contribution in [-0.2, 0) is 14.3 Å². The summed E-state index contributed by atoms with van der Waals surface area (Å²) in [5.74, 6) is -1.75. The average molecular weight is 258 g/mol. The number of likely N-dealkylation sites (tertiary alicyclic amines) is 1. The highest BCUT2D eigenvalue weighted by atomic mass is 16.5. The van der Waals surface area contributed by atoms with Crippen LogP contribution in [0.5, 0.6) is 0 Å². The van der Waals surface area contributed by atoms with Gasteiger partial charge in [-0.05, 0) is 19.8 Å². The average Bonchev–Trinajstić information content (AvgIpc) is 2.37. The summed E-state index contributed by atoms with van der Waals surface area (Å²) in [5, 5.41) is 11.1. The van der Waals surface area contributed by atoms with Crippen LogP contribution < -0.4 is 5.32 Å². The molecule has 1 unspecified atom stereocenters. The number of amides is 2. The zero-order chi connectivity index (χ0) is 13.7. The number of hydrogen-bond acceptors (Lipinski definition) is 4. The Hall–Kier alpha value is -1.79. The van der Waals surface area contributed by atoms with Gasteiger partial charge in [0.25, 0.3) is 0 Å². The molecule has 0 aliphatic carbocycles. The quantitative estimate of drug-likeness (QED) is 0.697. The molecule has 0 aromatic rings. The minimum Gasteiger partial charge on any atom is -0.480 e. The van der Waals surface area contributed by atoms with Crippen LogP contribution in [0.25, 0.3) is 0 Å². The number of rotatable bonds is 3. The first kappa shape index (κ1) is 14.3. The number of carbonyl (C=O) groups excluding carboxylic acids is 2. The Morgan fingerprint density at radius 3 is 2.67 bits per heavy atom. The van der Waals surface area contributed by atoms with Gasteiger partial charge in [-0.15, -0.1) is 0 Å². The Labute approximate surface area is 105 Å². The number of urea groups is 1. The molecule has 1 aliphatic heterocycles. The minimum atomic E-state index is -1.09. The second-order valence-electron chi connectivity index (χ2n) is 4.32. The number of piperidine rings is 1. The van der Waals surface area contributed by atoms with Crippen molar-refractivity contribution in [2.24, 2.45) is 5.92 Å². The zero-order valence-electron chi connectivity index (χ0n) is 10.5. The molecule has 2 amide bonds. The molecule has 1 heterocycles. The predicted octanol–water partition coefficient (Wildman–Crippen LogP) is 0.0541. The van der Waals surface area contributed by atoms with E-state index in [1.54, 1.807) is 0 Å². The Morgan fingerprint density at radius 1 is 1.44 bits per heavy atom. The molecule has 1 fully saturated rings. The maximum absolute atomic E-state index is 11.8. The van der Waals surface area contributed by atoms with Gasteiger partial charge in [0.15, 0.2) is 0 Å².